The van der Waals surface area contributed by atoms with Crippen molar-refractivity contribution in [3.63, 3.8) is 0 Å². The fourth-order valence-corrected chi connectivity index (χ4v) is 4.29. The van der Waals surface area contributed by atoms with Gasteiger partial charge in [0.15, 0.2) is 17.3 Å². The lowest BCUT2D eigenvalue weighted by Gasteiger charge is -2.34. The van der Waals surface area contributed by atoms with Crippen LogP contribution < -0.4 is 15.0 Å². The Morgan fingerprint density at radius 3 is 2.40 bits per heavy atom. The van der Waals surface area contributed by atoms with E-state index in [4.69, 9.17) is 14.7 Å². The van der Waals surface area contributed by atoms with E-state index in [2.05, 4.69) is 69.8 Å². The van der Waals surface area contributed by atoms with Crippen LogP contribution in [0.15, 0.2) is 60.9 Å². The maximum atomic E-state index is 5.84. The van der Waals surface area contributed by atoms with Gasteiger partial charge in [-0.15, -0.1) is 0 Å². The average molecular weight is 472 g/mol. The average Bonchev–Trinajstić information content (AvgIpc) is 3.32. The summed E-state index contributed by atoms with van der Waals surface area (Å²) in [4.78, 5) is 19.2. The molecule has 8 heteroatoms. The van der Waals surface area contributed by atoms with Crippen molar-refractivity contribution in [1.82, 2.24) is 24.4 Å². The summed E-state index contributed by atoms with van der Waals surface area (Å²) >= 11 is 0. The number of para-hydroxylation sites is 1. The van der Waals surface area contributed by atoms with Crippen molar-refractivity contribution in [2.75, 3.05) is 56.6 Å². The number of imidazole rings is 1. The van der Waals surface area contributed by atoms with Gasteiger partial charge in [0, 0.05) is 43.5 Å². The lowest BCUT2D eigenvalue weighted by Crippen LogP contribution is -2.44. The number of fused-ring (bicyclic) bond motifs is 1. The maximum Gasteiger partial charge on any atom is 0.166 e. The normalized spacial score (nSPS) is 14.6. The van der Waals surface area contributed by atoms with Gasteiger partial charge in [-0.25, -0.2) is 15.0 Å². The Morgan fingerprint density at radius 1 is 0.943 bits per heavy atom. The molecule has 182 valence electrons. The number of aromatic nitrogens is 4. The molecule has 0 amide bonds. The van der Waals surface area contributed by atoms with E-state index in [1.165, 1.54) is 5.69 Å². The molecule has 0 unspecified atom stereocenters. The molecular weight excluding hydrogens is 438 g/mol. The van der Waals surface area contributed by atoms with Crippen molar-refractivity contribution >= 4 is 22.7 Å². The number of benzene rings is 2. The van der Waals surface area contributed by atoms with Crippen molar-refractivity contribution in [3.05, 3.63) is 60.9 Å². The van der Waals surface area contributed by atoms with Crippen LogP contribution in [0.25, 0.3) is 22.6 Å². The molecule has 1 aliphatic rings. The number of anilines is 2. The predicted molar refractivity (Wildman–Crippen MR) is 141 cm³/mol. The third kappa shape index (κ3) is 5.22. The largest absolute Gasteiger partial charge is 0.492 e. The van der Waals surface area contributed by atoms with Gasteiger partial charge in [0.25, 0.3) is 0 Å². The van der Waals surface area contributed by atoms with E-state index in [0.29, 0.717) is 19.0 Å². The second-order valence-corrected chi connectivity index (χ2v) is 9.24. The number of rotatable bonds is 8. The Balaban J connectivity index is 1.38. The van der Waals surface area contributed by atoms with Gasteiger partial charge in [0.05, 0.1) is 12.9 Å². The highest BCUT2D eigenvalue weighted by Crippen LogP contribution is 2.27. The molecule has 2 aromatic heterocycles. The molecule has 35 heavy (non-hydrogen) atoms. The highest BCUT2D eigenvalue weighted by atomic mass is 16.5. The van der Waals surface area contributed by atoms with Crippen LogP contribution in [0.5, 0.6) is 5.75 Å². The van der Waals surface area contributed by atoms with Gasteiger partial charge in [-0.2, -0.15) is 0 Å². The molecule has 4 aromatic rings. The van der Waals surface area contributed by atoms with Crippen LogP contribution in [0.3, 0.4) is 0 Å². The molecule has 1 saturated heterocycles. The Hall–Kier alpha value is -3.65. The summed E-state index contributed by atoms with van der Waals surface area (Å²) < 4.78 is 7.92. The number of nitrogens with one attached hydrogen (secondary N) is 1. The minimum absolute atomic E-state index is 0.247. The van der Waals surface area contributed by atoms with Gasteiger partial charge in [0.2, 0.25) is 0 Å². The minimum Gasteiger partial charge on any atom is -0.492 e. The predicted octanol–water partition coefficient (Wildman–Crippen LogP) is 4.32. The molecule has 0 atom stereocenters. The van der Waals surface area contributed by atoms with Crippen molar-refractivity contribution in [2.45, 2.75) is 19.9 Å². The fourth-order valence-electron chi connectivity index (χ4n) is 4.29. The zero-order valence-electron chi connectivity index (χ0n) is 20.7. The second-order valence-electron chi connectivity index (χ2n) is 9.24. The van der Waals surface area contributed by atoms with Crippen LogP contribution in [-0.2, 0) is 0 Å². The molecule has 1 fully saturated rings. The second kappa shape index (κ2) is 10.3. The highest BCUT2D eigenvalue weighted by molar-refractivity contribution is 5.85. The molecule has 0 bridgehead atoms. The molecule has 1 aliphatic heterocycles. The van der Waals surface area contributed by atoms with Crippen molar-refractivity contribution < 1.29 is 4.74 Å². The Morgan fingerprint density at radius 2 is 1.69 bits per heavy atom. The van der Waals surface area contributed by atoms with Crippen molar-refractivity contribution in [2.24, 2.45) is 0 Å². The number of hydrogen-bond donors (Lipinski definition) is 1. The molecule has 0 saturated carbocycles. The molecule has 0 spiro atoms. The van der Waals surface area contributed by atoms with Crippen molar-refractivity contribution in [1.29, 1.82) is 0 Å². The maximum absolute atomic E-state index is 5.84. The molecule has 1 N–H and O–H groups in total. The standard InChI is InChI=1S/C27H33N7O/c1-20(2)34-19-29-24-26(28-13-18-35-23-7-5-4-6-8-23)30-25(31-27(24)34)21-9-11-22(12-10-21)33-16-14-32(3)15-17-33/h4-12,19-20H,13-18H2,1-3H3,(H,28,30,31). The van der Waals surface area contributed by atoms with E-state index in [9.17, 15) is 0 Å². The van der Waals surface area contributed by atoms with Crippen LogP contribution in [-0.4, -0.2) is 70.8 Å². The van der Waals surface area contributed by atoms with E-state index in [1.54, 1.807) is 0 Å². The Bertz CT molecular complexity index is 1250. The van der Waals surface area contributed by atoms with Gasteiger partial charge >= 0.3 is 0 Å². The number of nitrogens with zero attached hydrogens (tertiary/aromatic N) is 6. The fraction of sp³-hybridized carbons (Fsp3) is 0.370. The van der Waals surface area contributed by atoms with E-state index >= 15 is 0 Å². The van der Waals surface area contributed by atoms with Crippen LogP contribution >= 0.6 is 0 Å². The quantitative estimate of drug-likeness (QED) is 0.384. The molecule has 0 aliphatic carbocycles. The first-order chi connectivity index (χ1) is 17.1. The number of piperazine rings is 1. The van der Waals surface area contributed by atoms with E-state index in [1.807, 2.05) is 36.7 Å². The number of ether oxygens (including phenoxy) is 1. The van der Waals surface area contributed by atoms with Gasteiger partial charge < -0.3 is 24.4 Å². The smallest absolute Gasteiger partial charge is 0.166 e. The summed E-state index contributed by atoms with van der Waals surface area (Å²) in [6.45, 7) is 9.67. The minimum atomic E-state index is 0.247. The number of likely N-dealkylation sites (N-methyl/N-ethyl adjacent to an activating group) is 1. The summed E-state index contributed by atoms with van der Waals surface area (Å²) in [5, 5.41) is 3.42. The summed E-state index contributed by atoms with van der Waals surface area (Å²) in [6, 6.07) is 18.7. The van der Waals surface area contributed by atoms with Crippen LogP contribution in [0.2, 0.25) is 0 Å². The highest BCUT2D eigenvalue weighted by Gasteiger charge is 2.17. The third-order valence-corrected chi connectivity index (χ3v) is 6.38. The topological polar surface area (TPSA) is 71.3 Å². The number of hydrogen-bond acceptors (Lipinski definition) is 7. The lowest BCUT2D eigenvalue weighted by atomic mass is 10.1. The molecule has 8 nitrogen and oxygen atoms in total. The summed E-state index contributed by atoms with van der Waals surface area (Å²) in [6.07, 6.45) is 1.84. The van der Waals surface area contributed by atoms with Gasteiger partial charge in [0.1, 0.15) is 17.9 Å². The van der Waals surface area contributed by atoms with Gasteiger partial charge in [-0.3, -0.25) is 0 Å². The SMILES string of the molecule is CC(C)n1cnc2c(NCCOc3ccccc3)nc(-c3ccc(N4CCN(C)CC4)cc3)nc21. The first kappa shape index (κ1) is 23.1. The molecule has 0 radical (unpaired) electrons. The summed E-state index contributed by atoms with van der Waals surface area (Å²) in [5.74, 6) is 2.27. The zero-order chi connectivity index (χ0) is 24.2. The Labute approximate surface area is 206 Å². The monoisotopic (exact) mass is 471 g/mol. The summed E-state index contributed by atoms with van der Waals surface area (Å²) in [7, 11) is 2.18. The summed E-state index contributed by atoms with van der Waals surface area (Å²) in [5.41, 5.74) is 3.84. The molecule has 5 rings (SSSR count). The lowest BCUT2D eigenvalue weighted by molar-refractivity contribution is 0.313. The van der Waals surface area contributed by atoms with E-state index in [-0.39, 0.29) is 6.04 Å². The first-order valence-electron chi connectivity index (χ1n) is 12.3. The Kier molecular flexibility index (Phi) is 6.81. The zero-order valence-corrected chi connectivity index (χ0v) is 20.7. The molecule has 2 aromatic carbocycles. The molecule has 3 heterocycles. The van der Waals surface area contributed by atoms with Crippen molar-refractivity contribution in [3.8, 4) is 17.1 Å². The first-order valence-corrected chi connectivity index (χ1v) is 12.3. The van der Waals surface area contributed by atoms with Gasteiger partial charge in [-0.05, 0) is 57.3 Å². The van der Waals surface area contributed by atoms with Crippen LogP contribution in [0.1, 0.15) is 19.9 Å². The van der Waals surface area contributed by atoms with E-state index in [0.717, 1.165) is 54.5 Å². The van der Waals surface area contributed by atoms with Crippen LogP contribution in [0, 0.1) is 0 Å². The van der Waals surface area contributed by atoms with Gasteiger partial charge in [-0.1, -0.05) is 18.2 Å². The molecular formula is C27H33N7O. The van der Waals surface area contributed by atoms with Crippen LogP contribution in [0.4, 0.5) is 11.5 Å². The third-order valence-electron chi connectivity index (χ3n) is 6.38. The van der Waals surface area contributed by atoms with E-state index < -0.39 is 0 Å².